The first kappa shape index (κ1) is 36.4. The molecule has 0 saturated carbocycles. The Morgan fingerprint density at radius 3 is 1.85 bits per heavy atom. The van der Waals surface area contributed by atoms with Gasteiger partial charge in [0.25, 0.3) is 0 Å². The van der Waals surface area contributed by atoms with Crippen LogP contribution in [0, 0.1) is 6.07 Å². The highest BCUT2D eigenvalue weighted by Crippen LogP contribution is 2.39. The molecule has 0 heterocycles. The summed E-state index contributed by atoms with van der Waals surface area (Å²) < 4.78 is 27.3. The zero-order chi connectivity index (χ0) is 30.6. The first-order valence-corrected chi connectivity index (χ1v) is 15.0. The number of hydrogen-bond acceptors (Lipinski definition) is 7. The number of ether oxygens (including phenoxy) is 5. The molecule has 0 aliphatic rings. The summed E-state index contributed by atoms with van der Waals surface area (Å²) in [6.45, 7) is 20.8. The third kappa shape index (κ3) is 15.2. The molecule has 0 fully saturated rings. The minimum absolute atomic E-state index is 0.196. The molecule has 41 heavy (non-hydrogen) atoms. The van der Waals surface area contributed by atoms with Gasteiger partial charge in [0.2, 0.25) is 0 Å². The Kier molecular flexibility index (Phi) is 18.0. The average molecular weight is 574 g/mol. The molecule has 231 valence electrons. The van der Waals surface area contributed by atoms with E-state index in [2.05, 4.69) is 59.9 Å². The van der Waals surface area contributed by atoms with Crippen molar-refractivity contribution in [1.29, 1.82) is 0 Å². The SMILES string of the molecule is C=CCOCCOC(=O)CCCC(C)(C)c1[c]cc(C(C)(C)CCCC(=O)OCCOCC=C)c(OCCCC)c1. The molecule has 0 bridgehead atoms. The van der Waals surface area contributed by atoms with E-state index in [0.29, 0.717) is 58.7 Å². The summed E-state index contributed by atoms with van der Waals surface area (Å²) in [5, 5.41) is 0. The van der Waals surface area contributed by atoms with Gasteiger partial charge in [0.1, 0.15) is 19.0 Å². The zero-order valence-corrected chi connectivity index (χ0v) is 26.2. The summed E-state index contributed by atoms with van der Waals surface area (Å²) in [5.74, 6) is 0.444. The highest BCUT2D eigenvalue weighted by molar-refractivity contribution is 5.69. The highest BCUT2D eigenvalue weighted by atomic mass is 16.6. The second-order valence-corrected chi connectivity index (χ2v) is 11.5. The Hall–Kier alpha value is -2.64. The van der Waals surface area contributed by atoms with Crippen molar-refractivity contribution in [3.63, 3.8) is 0 Å². The zero-order valence-electron chi connectivity index (χ0n) is 26.2. The Bertz CT molecular complexity index is 920. The molecule has 1 rings (SSSR count). The van der Waals surface area contributed by atoms with Crippen LogP contribution in [0.15, 0.2) is 37.4 Å². The largest absolute Gasteiger partial charge is 0.493 e. The summed E-state index contributed by atoms with van der Waals surface area (Å²) in [4.78, 5) is 24.3. The van der Waals surface area contributed by atoms with Crippen LogP contribution in [0.1, 0.15) is 97.1 Å². The van der Waals surface area contributed by atoms with Crippen molar-refractivity contribution in [2.24, 2.45) is 0 Å². The minimum Gasteiger partial charge on any atom is -0.493 e. The van der Waals surface area contributed by atoms with E-state index in [-0.39, 0.29) is 36.0 Å². The van der Waals surface area contributed by atoms with E-state index in [0.717, 1.165) is 42.6 Å². The van der Waals surface area contributed by atoms with Crippen LogP contribution in [-0.4, -0.2) is 58.2 Å². The van der Waals surface area contributed by atoms with Gasteiger partial charge in [0.05, 0.1) is 33.0 Å². The van der Waals surface area contributed by atoms with Crippen molar-refractivity contribution in [2.75, 3.05) is 46.2 Å². The molecule has 0 spiro atoms. The first-order chi connectivity index (χ1) is 19.6. The van der Waals surface area contributed by atoms with Crippen molar-refractivity contribution in [3.8, 4) is 5.75 Å². The number of hydrogen-bond donors (Lipinski definition) is 0. The van der Waals surface area contributed by atoms with Gasteiger partial charge in [-0.25, -0.2) is 0 Å². The van der Waals surface area contributed by atoms with Gasteiger partial charge in [0.15, 0.2) is 0 Å². The smallest absolute Gasteiger partial charge is 0.305 e. The molecule has 1 aromatic rings. The highest BCUT2D eigenvalue weighted by Gasteiger charge is 2.28. The molecular formula is C34H53O7. The fourth-order valence-electron chi connectivity index (χ4n) is 4.36. The Morgan fingerprint density at radius 2 is 1.34 bits per heavy atom. The molecule has 1 radical (unpaired) electrons. The lowest BCUT2D eigenvalue weighted by Gasteiger charge is -2.31. The van der Waals surface area contributed by atoms with Crippen LogP contribution in [0.2, 0.25) is 0 Å². The molecule has 0 atom stereocenters. The minimum atomic E-state index is -0.215. The van der Waals surface area contributed by atoms with Crippen LogP contribution in [0.4, 0.5) is 0 Å². The third-order valence-electron chi connectivity index (χ3n) is 6.94. The van der Waals surface area contributed by atoms with E-state index in [1.165, 1.54) is 0 Å². The van der Waals surface area contributed by atoms with Crippen molar-refractivity contribution in [1.82, 2.24) is 0 Å². The Labute approximate surface area is 248 Å². The van der Waals surface area contributed by atoms with Crippen LogP contribution in [0.5, 0.6) is 5.75 Å². The van der Waals surface area contributed by atoms with Crippen molar-refractivity contribution >= 4 is 11.9 Å². The van der Waals surface area contributed by atoms with Gasteiger partial charge in [-0.1, -0.05) is 53.2 Å². The van der Waals surface area contributed by atoms with Crippen LogP contribution in [0.3, 0.4) is 0 Å². The fraction of sp³-hybridized carbons (Fsp3) is 0.647. The van der Waals surface area contributed by atoms with Crippen molar-refractivity contribution in [3.05, 3.63) is 54.6 Å². The molecule has 0 saturated heterocycles. The number of carbonyl (C=O) groups is 2. The van der Waals surface area contributed by atoms with E-state index >= 15 is 0 Å². The standard InChI is InChI=1S/C34H53O7/c1-8-11-22-39-30-27-28(33(4,5)18-12-14-31(35)40-25-23-37-20-9-2)16-17-29(30)34(6,7)19-13-15-32(36)41-26-24-38-21-10-3/h9-10,17,27H,2-3,8,11-15,18-26H2,1,4-7H3. The van der Waals surface area contributed by atoms with E-state index in [1.807, 2.05) is 6.07 Å². The van der Waals surface area contributed by atoms with E-state index < -0.39 is 0 Å². The number of rotatable bonds is 24. The second-order valence-electron chi connectivity index (χ2n) is 11.5. The van der Waals surface area contributed by atoms with Crippen molar-refractivity contribution < 1.29 is 33.3 Å². The van der Waals surface area contributed by atoms with Gasteiger partial charge in [-0.15, -0.1) is 13.2 Å². The maximum absolute atomic E-state index is 12.1. The molecule has 0 aromatic heterocycles. The summed E-state index contributed by atoms with van der Waals surface area (Å²) in [6.07, 6.45) is 9.10. The van der Waals surface area contributed by atoms with Gasteiger partial charge < -0.3 is 23.7 Å². The third-order valence-corrected chi connectivity index (χ3v) is 6.94. The number of esters is 2. The molecule has 1 aromatic carbocycles. The monoisotopic (exact) mass is 573 g/mol. The van der Waals surface area contributed by atoms with E-state index in [4.69, 9.17) is 23.7 Å². The summed E-state index contributed by atoms with van der Waals surface area (Å²) in [5.41, 5.74) is 1.73. The molecule has 0 aliphatic heterocycles. The summed E-state index contributed by atoms with van der Waals surface area (Å²) in [7, 11) is 0. The Morgan fingerprint density at radius 1 is 0.805 bits per heavy atom. The first-order valence-electron chi connectivity index (χ1n) is 15.0. The topological polar surface area (TPSA) is 80.3 Å². The lowest BCUT2D eigenvalue weighted by atomic mass is 9.76. The molecule has 7 nitrogen and oxygen atoms in total. The lowest BCUT2D eigenvalue weighted by molar-refractivity contribution is -0.146. The van der Waals surface area contributed by atoms with Crippen LogP contribution in [0.25, 0.3) is 0 Å². The number of carbonyl (C=O) groups excluding carboxylic acids is 2. The maximum atomic E-state index is 12.1. The van der Waals surface area contributed by atoms with Gasteiger partial charge >= 0.3 is 11.9 Å². The number of benzene rings is 1. The summed E-state index contributed by atoms with van der Waals surface area (Å²) >= 11 is 0. The van der Waals surface area contributed by atoms with Gasteiger partial charge in [-0.3, -0.25) is 9.59 Å². The van der Waals surface area contributed by atoms with E-state index in [9.17, 15) is 9.59 Å². The fourth-order valence-corrected chi connectivity index (χ4v) is 4.36. The van der Waals surface area contributed by atoms with Crippen LogP contribution in [-0.2, 0) is 39.4 Å². The molecule has 0 N–H and O–H groups in total. The predicted molar refractivity (Wildman–Crippen MR) is 163 cm³/mol. The molecule has 0 amide bonds. The molecule has 7 heteroatoms. The van der Waals surface area contributed by atoms with E-state index in [1.54, 1.807) is 12.2 Å². The van der Waals surface area contributed by atoms with Crippen molar-refractivity contribution in [2.45, 2.75) is 96.8 Å². The summed E-state index contributed by atoms with van der Waals surface area (Å²) in [6, 6.07) is 7.67. The van der Waals surface area contributed by atoms with Gasteiger partial charge in [0, 0.05) is 18.4 Å². The number of unbranched alkanes of at least 4 members (excludes halogenated alkanes) is 1. The lowest BCUT2D eigenvalue weighted by Crippen LogP contribution is -2.22. The second kappa shape index (κ2) is 20.3. The predicted octanol–water partition coefficient (Wildman–Crippen LogP) is 7.05. The maximum Gasteiger partial charge on any atom is 0.305 e. The molecule has 0 unspecified atom stereocenters. The van der Waals surface area contributed by atoms with Gasteiger partial charge in [-0.05, 0) is 66.7 Å². The van der Waals surface area contributed by atoms with Gasteiger partial charge in [-0.2, -0.15) is 0 Å². The average Bonchev–Trinajstić information content (AvgIpc) is 2.92. The van der Waals surface area contributed by atoms with Crippen LogP contribution < -0.4 is 4.74 Å². The van der Waals surface area contributed by atoms with Crippen LogP contribution >= 0.6 is 0 Å². The molecular weight excluding hydrogens is 520 g/mol. The Balaban J connectivity index is 2.77. The normalized spacial score (nSPS) is 11.6. The quantitative estimate of drug-likeness (QED) is 0.0744. The molecule has 0 aliphatic carbocycles.